The molecule has 0 saturated heterocycles. The van der Waals surface area contributed by atoms with Crippen molar-refractivity contribution in [3.8, 4) is 5.69 Å². The van der Waals surface area contributed by atoms with Crippen LogP contribution in [0.25, 0.3) is 190 Å². The van der Waals surface area contributed by atoms with E-state index in [1.165, 1.54) is 195 Å². The van der Waals surface area contributed by atoms with Crippen molar-refractivity contribution in [2.75, 3.05) is 0 Å². The van der Waals surface area contributed by atoms with E-state index in [-0.39, 0.29) is 0 Å². The van der Waals surface area contributed by atoms with Crippen molar-refractivity contribution in [3.63, 3.8) is 0 Å². The number of para-hydroxylation sites is 10. The van der Waals surface area contributed by atoms with Gasteiger partial charge in [0.05, 0.1) is 44.1 Å². The number of hydrogen-bond donors (Lipinski definition) is 0. The molecule has 0 bridgehead atoms. The van der Waals surface area contributed by atoms with Crippen LogP contribution in [0.4, 0.5) is 0 Å². The van der Waals surface area contributed by atoms with E-state index in [2.05, 4.69) is 365 Å². The second kappa shape index (κ2) is 29.4. The Labute approximate surface area is 674 Å². The van der Waals surface area contributed by atoms with E-state index >= 15 is 0 Å². The standard InChI is InChI=1S/2C19H13N.C19H15N.3C13H10O.C13H10S/c1-12-9-10-14-16-7-4-6-15-13-5-2-3-8-17(13)20(19(15)16)18(14)11-12;1-12-9-10-18-16(11-12)15-7-4-6-14-13-5-2-3-8-17(13)20(18)19(14)15;1-14-11-12-19-17(13-14)16-9-5-6-10-18(16)20(19)15-7-3-2-4-8-15;1-9-5-4-7-11-10-6-2-3-8-12(10)14-13(9)11;1-9-6-7-13-11(8-9)10-4-2-3-5-12(10)14-13;1-9-6-7-11-10-4-2-3-5-12(10)14-13(11)8-9;1-9-5-4-7-11-10-6-2-3-8-12(10)14-13(9)11/h2*2-11H,1H3;2-13H,1H3;4*2-8H,1H3. The molecule has 17 aromatic carbocycles. The minimum Gasteiger partial charge on any atom is -0.456 e. The smallest absolute Gasteiger partial charge is 0.138 e. The molecule has 6 nitrogen and oxygen atoms in total. The van der Waals surface area contributed by atoms with Gasteiger partial charge in [0.1, 0.15) is 33.5 Å². The lowest BCUT2D eigenvalue weighted by Gasteiger charge is -2.07. The van der Waals surface area contributed by atoms with Gasteiger partial charge >= 0.3 is 0 Å². The molecule has 116 heavy (non-hydrogen) atoms. The topological polar surface area (TPSA) is 53.2 Å². The first-order chi connectivity index (χ1) is 56.9. The summed E-state index contributed by atoms with van der Waals surface area (Å²) >= 11 is 1.89. The van der Waals surface area contributed by atoms with Gasteiger partial charge in [-0.3, -0.25) is 0 Å². The summed E-state index contributed by atoms with van der Waals surface area (Å²) in [5, 5.41) is 23.4. The van der Waals surface area contributed by atoms with Gasteiger partial charge in [0.15, 0.2) is 0 Å². The lowest BCUT2D eigenvalue weighted by atomic mass is 10.1. The molecule has 26 aromatic rings. The molecular formula is C109H81N3O3S. The van der Waals surface area contributed by atoms with Crippen molar-refractivity contribution in [2.24, 2.45) is 0 Å². The molecule has 556 valence electrons. The summed E-state index contributed by atoms with van der Waals surface area (Å²) in [4.78, 5) is 0. The van der Waals surface area contributed by atoms with Crippen LogP contribution in [0.1, 0.15) is 38.9 Å². The second-order valence-electron chi connectivity index (χ2n) is 30.7. The van der Waals surface area contributed by atoms with Crippen molar-refractivity contribution in [3.05, 3.63) is 403 Å². The number of fused-ring (bicyclic) bond motifs is 27. The normalized spacial score (nSPS) is 11.6. The molecule has 0 saturated carbocycles. The lowest BCUT2D eigenvalue weighted by Crippen LogP contribution is -1.92. The molecular weight excluding hydrogens is 1430 g/mol. The summed E-state index contributed by atoms with van der Waals surface area (Å²) < 4.78 is 27.2. The molecule has 0 aliphatic rings. The van der Waals surface area contributed by atoms with Crippen LogP contribution in [0.15, 0.2) is 377 Å². The summed E-state index contributed by atoms with van der Waals surface area (Å²) in [5.74, 6) is 0. The molecule has 26 rings (SSSR count). The van der Waals surface area contributed by atoms with Gasteiger partial charge in [-0.2, -0.15) is 0 Å². The Morgan fingerprint density at radius 2 is 0.569 bits per heavy atom. The van der Waals surface area contributed by atoms with Crippen molar-refractivity contribution in [1.82, 2.24) is 13.4 Å². The minimum atomic E-state index is 0.966. The molecule has 0 aliphatic carbocycles. The van der Waals surface area contributed by atoms with Crippen LogP contribution in [-0.2, 0) is 0 Å². The molecule has 7 heteroatoms. The van der Waals surface area contributed by atoms with Crippen LogP contribution in [0.3, 0.4) is 0 Å². The Bertz CT molecular complexity index is 8060. The van der Waals surface area contributed by atoms with Gasteiger partial charge in [0, 0.05) is 112 Å². The summed E-state index contributed by atoms with van der Waals surface area (Å²) in [5.41, 5.74) is 26.5. The number of hydrogen-bond acceptors (Lipinski definition) is 4. The molecule has 0 aliphatic heterocycles. The fourth-order valence-electron chi connectivity index (χ4n) is 17.5. The van der Waals surface area contributed by atoms with Gasteiger partial charge in [-0.15, -0.1) is 11.3 Å². The van der Waals surface area contributed by atoms with Crippen molar-refractivity contribution in [1.29, 1.82) is 0 Å². The maximum Gasteiger partial charge on any atom is 0.138 e. The quantitative estimate of drug-likeness (QED) is 0.165. The van der Waals surface area contributed by atoms with Gasteiger partial charge in [-0.1, -0.05) is 278 Å². The number of benzene rings is 17. The van der Waals surface area contributed by atoms with Gasteiger partial charge in [-0.25, -0.2) is 0 Å². The average Bonchev–Trinajstić information content (AvgIpc) is 1.55. The number of aromatic nitrogens is 3. The summed E-state index contributed by atoms with van der Waals surface area (Å²) in [6, 6.07) is 128. The molecule has 0 unspecified atom stereocenters. The van der Waals surface area contributed by atoms with E-state index in [1.54, 1.807) is 0 Å². The van der Waals surface area contributed by atoms with E-state index in [0.29, 0.717) is 0 Å². The van der Waals surface area contributed by atoms with Gasteiger partial charge in [-0.05, 0) is 174 Å². The molecule has 0 atom stereocenters. The summed E-state index contributed by atoms with van der Waals surface area (Å²) in [6.45, 7) is 14.9. The predicted molar refractivity (Wildman–Crippen MR) is 497 cm³/mol. The summed E-state index contributed by atoms with van der Waals surface area (Å²) in [7, 11) is 0. The highest BCUT2D eigenvalue weighted by molar-refractivity contribution is 7.26. The highest BCUT2D eigenvalue weighted by Crippen LogP contribution is 2.43. The van der Waals surface area contributed by atoms with Gasteiger partial charge in [0.25, 0.3) is 0 Å². The number of aryl methyl sites for hydroxylation is 7. The van der Waals surface area contributed by atoms with Crippen LogP contribution in [0.5, 0.6) is 0 Å². The molecule has 0 spiro atoms. The number of thiophene rings is 1. The largest absolute Gasteiger partial charge is 0.456 e. The molecule has 0 radical (unpaired) electrons. The SMILES string of the molecule is Cc1ccc2c(c1)c1cccc3c4ccccc4n2c31.Cc1ccc2c(c1)c1ccccc1n2-c1ccccc1.Cc1ccc2c(c1)oc1ccccc12.Cc1ccc2c3cccc4c5ccccc5n(c2c1)c43.Cc1ccc2oc3ccccc3c2c1.Cc1cccc2c1oc1ccccc12.Cc1cccc2c1sc1ccccc12. The van der Waals surface area contributed by atoms with Crippen LogP contribution in [0, 0.1) is 48.5 Å². The second-order valence-corrected chi connectivity index (χ2v) is 31.7. The highest BCUT2D eigenvalue weighted by Gasteiger charge is 2.20. The average molecular weight is 1510 g/mol. The van der Waals surface area contributed by atoms with Crippen LogP contribution in [-0.4, -0.2) is 13.4 Å². The Morgan fingerprint density at radius 3 is 1.21 bits per heavy atom. The number of rotatable bonds is 1. The Hall–Kier alpha value is -14.2. The van der Waals surface area contributed by atoms with Crippen LogP contribution < -0.4 is 0 Å². The molecule has 9 heterocycles. The van der Waals surface area contributed by atoms with Crippen molar-refractivity contribution >= 4 is 195 Å². The van der Waals surface area contributed by atoms with E-state index in [0.717, 1.165) is 33.5 Å². The van der Waals surface area contributed by atoms with Crippen molar-refractivity contribution in [2.45, 2.75) is 48.5 Å². The van der Waals surface area contributed by atoms with E-state index in [1.807, 2.05) is 72.0 Å². The van der Waals surface area contributed by atoms with E-state index in [9.17, 15) is 0 Å². The minimum absolute atomic E-state index is 0.966. The lowest BCUT2D eigenvalue weighted by molar-refractivity contribution is 0.665. The maximum atomic E-state index is 5.78. The third-order valence-corrected chi connectivity index (χ3v) is 24.2. The number of nitrogens with zero attached hydrogens (tertiary/aromatic N) is 3. The zero-order valence-corrected chi connectivity index (χ0v) is 66.4. The fraction of sp³-hybridized carbons (Fsp3) is 0.0642. The first-order valence-corrected chi connectivity index (χ1v) is 40.6. The third kappa shape index (κ3) is 12.4. The van der Waals surface area contributed by atoms with Crippen molar-refractivity contribution < 1.29 is 13.3 Å². The first kappa shape index (κ1) is 70.8. The fourth-order valence-corrected chi connectivity index (χ4v) is 18.7. The molecule has 9 aromatic heterocycles. The monoisotopic (exact) mass is 1510 g/mol. The molecule has 0 N–H and O–H groups in total. The third-order valence-electron chi connectivity index (χ3n) is 22.9. The van der Waals surface area contributed by atoms with E-state index in [4.69, 9.17) is 13.3 Å². The van der Waals surface area contributed by atoms with Crippen LogP contribution in [0.2, 0.25) is 0 Å². The summed E-state index contributed by atoms with van der Waals surface area (Å²) in [6.07, 6.45) is 0. The first-order valence-electron chi connectivity index (χ1n) is 39.8. The van der Waals surface area contributed by atoms with Gasteiger partial charge < -0.3 is 26.6 Å². The maximum absolute atomic E-state index is 5.78. The Morgan fingerprint density at radius 1 is 0.207 bits per heavy atom. The number of furan rings is 3. The van der Waals surface area contributed by atoms with E-state index < -0.39 is 0 Å². The Kier molecular flexibility index (Phi) is 17.9. The highest BCUT2D eigenvalue weighted by atomic mass is 32.1. The van der Waals surface area contributed by atoms with Gasteiger partial charge in [0.2, 0.25) is 0 Å². The zero-order valence-electron chi connectivity index (χ0n) is 65.6. The predicted octanol–water partition coefficient (Wildman–Crippen LogP) is 31.4. The Balaban J connectivity index is 0.0000000879. The van der Waals surface area contributed by atoms with Crippen LogP contribution >= 0.6 is 11.3 Å². The molecule has 0 amide bonds. The molecule has 0 fully saturated rings. The zero-order chi connectivity index (χ0) is 78.2.